The molecule has 7 heteroatoms. The third-order valence-electron chi connectivity index (χ3n) is 2.82. The van der Waals surface area contributed by atoms with E-state index in [0.29, 0.717) is 0 Å². The lowest BCUT2D eigenvalue weighted by molar-refractivity contribution is -0.147. The van der Waals surface area contributed by atoms with Crippen LogP contribution in [0.2, 0.25) is 0 Å². The van der Waals surface area contributed by atoms with E-state index in [0.717, 1.165) is 12.5 Å². The molecule has 0 aliphatic carbocycles. The molecule has 0 aromatic heterocycles. The fourth-order valence-electron chi connectivity index (χ4n) is 1.98. The molecule has 1 aromatic carbocycles. The average molecular weight is 287 g/mol. The number of hydrogen-bond donors (Lipinski definition) is 0. The molecule has 0 fully saturated rings. The summed E-state index contributed by atoms with van der Waals surface area (Å²) in [7, 11) is 0. The Labute approximate surface area is 113 Å². The number of aliphatic imine (C=N–C) groups is 1. The van der Waals surface area contributed by atoms with Crippen LogP contribution in [0.15, 0.2) is 29.3 Å². The summed E-state index contributed by atoms with van der Waals surface area (Å²) in [5, 5.41) is 0. The SMILES string of the molecule is CCOC(=O)C1N=COC1c1ccccc1C(F)(F)F. The zero-order chi connectivity index (χ0) is 14.8. The Bertz CT molecular complexity index is 528. The molecule has 20 heavy (non-hydrogen) atoms. The second kappa shape index (κ2) is 5.52. The number of carbonyl (C=O) groups is 1. The fourth-order valence-corrected chi connectivity index (χ4v) is 1.98. The van der Waals surface area contributed by atoms with Crippen molar-refractivity contribution in [3.05, 3.63) is 35.4 Å². The third kappa shape index (κ3) is 2.76. The van der Waals surface area contributed by atoms with Crippen LogP contribution in [-0.4, -0.2) is 25.0 Å². The van der Waals surface area contributed by atoms with E-state index in [1.165, 1.54) is 18.2 Å². The largest absolute Gasteiger partial charge is 0.473 e. The summed E-state index contributed by atoms with van der Waals surface area (Å²) in [5.74, 6) is -0.705. The van der Waals surface area contributed by atoms with Gasteiger partial charge in [0.15, 0.2) is 18.5 Å². The zero-order valence-electron chi connectivity index (χ0n) is 10.6. The van der Waals surface area contributed by atoms with Gasteiger partial charge in [-0.25, -0.2) is 9.79 Å². The first-order valence-electron chi connectivity index (χ1n) is 5.95. The van der Waals surface area contributed by atoms with E-state index < -0.39 is 29.9 Å². The maximum atomic E-state index is 13.0. The molecule has 0 bridgehead atoms. The lowest BCUT2D eigenvalue weighted by Gasteiger charge is -2.20. The van der Waals surface area contributed by atoms with Crippen molar-refractivity contribution in [2.75, 3.05) is 6.61 Å². The van der Waals surface area contributed by atoms with E-state index in [1.807, 2.05) is 0 Å². The van der Waals surface area contributed by atoms with Gasteiger partial charge in [0.1, 0.15) is 0 Å². The van der Waals surface area contributed by atoms with E-state index >= 15 is 0 Å². The Morgan fingerprint density at radius 1 is 1.40 bits per heavy atom. The number of halogens is 3. The van der Waals surface area contributed by atoms with Crippen molar-refractivity contribution in [2.24, 2.45) is 4.99 Å². The minimum atomic E-state index is -4.53. The van der Waals surface area contributed by atoms with Crippen LogP contribution in [0.3, 0.4) is 0 Å². The predicted octanol–water partition coefficient (Wildman–Crippen LogP) is 2.74. The molecule has 1 heterocycles. The van der Waals surface area contributed by atoms with Gasteiger partial charge in [0, 0.05) is 5.56 Å². The normalized spacial score (nSPS) is 21.6. The second-order valence-electron chi connectivity index (χ2n) is 4.09. The molecule has 1 aromatic rings. The molecule has 1 aliphatic heterocycles. The standard InChI is InChI=1S/C13H12F3NO3/c1-2-19-12(18)10-11(20-7-17-10)8-5-3-4-6-9(8)13(14,15)16/h3-7,10-11H,2H2,1H3. The topological polar surface area (TPSA) is 47.9 Å². The predicted molar refractivity (Wildman–Crippen MR) is 64.2 cm³/mol. The maximum Gasteiger partial charge on any atom is 0.416 e. The minimum Gasteiger partial charge on any atom is -0.473 e. The van der Waals surface area contributed by atoms with Gasteiger partial charge in [0.05, 0.1) is 12.2 Å². The Morgan fingerprint density at radius 3 is 2.75 bits per heavy atom. The molecule has 2 rings (SSSR count). The van der Waals surface area contributed by atoms with Crippen molar-refractivity contribution < 1.29 is 27.4 Å². The molecule has 0 N–H and O–H groups in total. The van der Waals surface area contributed by atoms with Gasteiger partial charge in [-0.05, 0) is 13.0 Å². The van der Waals surface area contributed by atoms with Crippen LogP contribution in [0, 0.1) is 0 Å². The van der Waals surface area contributed by atoms with Crippen molar-refractivity contribution in [1.82, 2.24) is 0 Å². The van der Waals surface area contributed by atoms with Gasteiger partial charge in [-0.1, -0.05) is 18.2 Å². The summed E-state index contributed by atoms with van der Waals surface area (Å²) in [6.45, 7) is 1.73. The van der Waals surface area contributed by atoms with Gasteiger partial charge >= 0.3 is 12.1 Å². The Balaban J connectivity index is 2.34. The van der Waals surface area contributed by atoms with Crippen molar-refractivity contribution in [3.63, 3.8) is 0 Å². The maximum absolute atomic E-state index is 13.0. The van der Waals surface area contributed by atoms with Crippen LogP contribution < -0.4 is 0 Å². The van der Waals surface area contributed by atoms with Gasteiger partial charge in [-0.3, -0.25) is 0 Å². The summed E-state index contributed by atoms with van der Waals surface area (Å²) in [6, 6.07) is 3.84. The molecule has 0 saturated heterocycles. The number of rotatable bonds is 3. The van der Waals surface area contributed by atoms with E-state index in [4.69, 9.17) is 9.47 Å². The molecule has 0 radical (unpaired) electrons. The number of benzene rings is 1. The smallest absolute Gasteiger partial charge is 0.416 e. The van der Waals surface area contributed by atoms with Crippen LogP contribution in [0.25, 0.3) is 0 Å². The van der Waals surface area contributed by atoms with Gasteiger partial charge in [0.2, 0.25) is 0 Å². The lowest BCUT2D eigenvalue weighted by Crippen LogP contribution is -2.27. The zero-order valence-corrected chi connectivity index (χ0v) is 10.6. The fraction of sp³-hybridized carbons (Fsp3) is 0.385. The van der Waals surface area contributed by atoms with Gasteiger partial charge in [-0.15, -0.1) is 0 Å². The first-order valence-corrected chi connectivity index (χ1v) is 5.95. The van der Waals surface area contributed by atoms with E-state index in [2.05, 4.69) is 4.99 Å². The number of esters is 1. The first-order chi connectivity index (χ1) is 9.45. The quantitative estimate of drug-likeness (QED) is 0.803. The van der Waals surface area contributed by atoms with E-state index in [9.17, 15) is 18.0 Å². The highest BCUT2D eigenvalue weighted by atomic mass is 19.4. The van der Waals surface area contributed by atoms with Gasteiger partial charge < -0.3 is 9.47 Å². The van der Waals surface area contributed by atoms with Crippen LogP contribution in [-0.2, 0) is 20.4 Å². The second-order valence-corrected chi connectivity index (χ2v) is 4.09. The lowest BCUT2D eigenvalue weighted by atomic mass is 9.97. The summed E-state index contributed by atoms with van der Waals surface area (Å²) >= 11 is 0. The molecule has 2 unspecified atom stereocenters. The van der Waals surface area contributed by atoms with Gasteiger partial charge in [0.25, 0.3) is 0 Å². The van der Waals surface area contributed by atoms with Gasteiger partial charge in [-0.2, -0.15) is 13.2 Å². The monoisotopic (exact) mass is 287 g/mol. The number of alkyl halides is 3. The van der Waals surface area contributed by atoms with Crippen LogP contribution in [0.5, 0.6) is 0 Å². The Kier molecular flexibility index (Phi) is 3.96. The van der Waals surface area contributed by atoms with Crippen molar-refractivity contribution in [1.29, 1.82) is 0 Å². The molecular formula is C13H12F3NO3. The van der Waals surface area contributed by atoms with Crippen molar-refractivity contribution in [3.8, 4) is 0 Å². The van der Waals surface area contributed by atoms with Crippen molar-refractivity contribution in [2.45, 2.75) is 25.2 Å². The molecule has 0 amide bonds. The first kappa shape index (κ1) is 14.4. The van der Waals surface area contributed by atoms with Crippen LogP contribution in [0.1, 0.15) is 24.2 Å². The number of carbonyl (C=O) groups excluding carboxylic acids is 1. The highest BCUT2D eigenvalue weighted by Gasteiger charge is 2.41. The highest BCUT2D eigenvalue weighted by Crippen LogP contribution is 2.38. The van der Waals surface area contributed by atoms with E-state index in [1.54, 1.807) is 6.92 Å². The molecule has 1 aliphatic rings. The molecule has 0 spiro atoms. The Morgan fingerprint density at radius 2 is 2.10 bits per heavy atom. The summed E-state index contributed by atoms with van der Waals surface area (Å²) in [4.78, 5) is 15.4. The van der Waals surface area contributed by atoms with E-state index in [-0.39, 0.29) is 12.2 Å². The molecular weight excluding hydrogens is 275 g/mol. The highest BCUT2D eigenvalue weighted by molar-refractivity contribution is 5.80. The number of ether oxygens (including phenoxy) is 2. The summed E-state index contributed by atoms with van der Waals surface area (Å²) in [6.07, 6.45) is -4.66. The third-order valence-corrected chi connectivity index (χ3v) is 2.82. The summed E-state index contributed by atoms with van der Waals surface area (Å²) in [5.41, 5.74) is -0.972. The average Bonchev–Trinajstić information content (AvgIpc) is 2.87. The summed E-state index contributed by atoms with van der Waals surface area (Å²) < 4.78 is 48.7. The molecule has 108 valence electrons. The van der Waals surface area contributed by atoms with Crippen LogP contribution >= 0.6 is 0 Å². The number of hydrogen-bond acceptors (Lipinski definition) is 4. The van der Waals surface area contributed by atoms with Crippen molar-refractivity contribution >= 4 is 12.4 Å². The Hall–Kier alpha value is -2.05. The number of nitrogens with zero attached hydrogens (tertiary/aromatic N) is 1. The molecule has 2 atom stereocenters. The molecule has 4 nitrogen and oxygen atoms in total. The minimum absolute atomic E-state index is 0.124. The molecule has 0 saturated carbocycles. The van der Waals surface area contributed by atoms with Crippen LogP contribution in [0.4, 0.5) is 13.2 Å².